The van der Waals surface area contributed by atoms with Crippen LogP contribution >= 0.6 is 0 Å². The van der Waals surface area contributed by atoms with Crippen LogP contribution < -0.4 is 4.90 Å². The summed E-state index contributed by atoms with van der Waals surface area (Å²) in [4.78, 5) is 12.8. The molecule has 2 heterocycles. The maximum atomic E-state index is 5.42. The summed E-state index contributed by atoms with van der Waals surface area (Å²) in [6.07, 6.45) is 9.43. The van der Waals surface area contributed by atoms with Gasteiger partial charge < -0.3 is 32.4 Å². The van der Waals surface area contributed by atoms with E-state index in [-0.39, 0.29) is 32.7 Å². The Morgan fingerprint density at radius 1 is 1.00 bits per heavy atom. The van der Waals surface area contributed by atoms with Crippen LogP contribution in [-0.2, 0) is 39.1 Å². The molecule has 1 aliphatic rings. The maximum absolute atomic E-state index is 5.42. The van der Waals surface area contributed by atoms with Gasteiger partial charge in [0.1, 0.15) is 0 Å². The van der Waals surface area contributed by atoms with Crippen molar-refractivity contribution < 1.29 is 32.7 Å². The molecular formula is C23H46N4Y-2. The van der Waals surface area contributed by atoms with E-state index in [1.54, 1.807) is 0 Å². The molecule has 1 aromatic heterocycles. The van der Waals surface area contributed by atoms with Crippen molar-refractivity contribution in [3.05, 3.63) is 24.2 Å². The second kappa shape index (κ2) is 26.7. The van der Waals surface area contributed by atoms with E-state index in [2.05, 4.69) is 28.0 Å². The fourth-order valence-corrected chi connectivity index (χ4v) is 2.27. The minimum atomic E-state index is 0. The first-order valence-corrected chi connectivity index (χ1v) is 10.9. The van der Waals surface area contributed by atoms with Crippen molar-refractivity contribution in [3.8, 4) is 0 Å². The number of aromatic nitrogens is 2. The summed E-state index contributed by atoms with van der Waals surface area (Å²) in [5, 5.41) is 0. The topological polar surface area (TPSA) is 32.3 Å². The second-order valence-electron chi connectivity index (χ2n) is 5.40. The monoisotopic (exact) mass is 467 g/mol. The van der Waals surface area contributed by atoms with Gasteiger partial charge in [-0.25, -0.2) is 5.56 Å². The van der Waals surface area contributed by atoms with Crippen molar-refractivity contribution in [1.29, 1.82) is 0 Å². The number of hydrogen-bond donors (Lipinski definition) is 0. The molecule has 1 saturated heterocycles. The molecule has 4 nitrogen and oxygen atoms in total. The molecule has 0 unspecified atom stereocenters. The largest absolute Gasteiger partial charge is 0.416 e. The average Bonchev–Trinajstić information content (AvgIpc) is 2.78. The third-order valence-corrected chi connectivity index (χ3v) is 3.58. The molecule has 1 aromatic rings. The van der Waals surface area contributed by atoms with Crippen molar-refractivity contribution in [2.75, 3.05) is 38.6 Å². The molecule has 1 radical (unpaired) electrons. The fourth-order valence-electron chi connectivity index (χ4n) is 2.27. The van der Waals surface area contributed by atoms with E-state index in [4.69, 9.17) is 6.58 Å². The van der Waals surface area contributed by atoms with Crippen molar-refractivity contribution in [2.24, 2.45) is 0 Å². The van der Waals surface area contributed by atoms with Crippen molar-refractivity contribution in [2.45, 2.75) is 81.1 Å². The van der Waals surface area contributed by atoms with Crippen LogP contribution in [0.2, 0.25) is 0 Å². The van der Waals surface area contributed by atoms with Crippen LogP contribution in [0.3, 0.4) is 0 Å². The summed E-state index contributed by atoms with van der Waals surface area (Å²) < 4.78 is 0. The minimum absolute atomic E-state index is 0. The molecular weight excluding hydrogens is 421 g/mol. The van der Waals surface area contributed by atoms with Crippen molar-refractivity contribution in [1.82, 2.24) is 14.9 Å². The SMILES string of the molecule is CC.CC.CC.CCN1CCCCC1.[CH-]=Cc1[c-]nc(CC)nc1N(C)C.[Y]. The molecule has 1 aliphatic heterocycles. The van der Waals surface area contributed by atoms with Gasteiger partial charge >= 0.3 is 0 Å². The van der Waals surface area contributed by atoms with Gasteiger partial charge in [0, 0.05) is 38.5 Å². The molecule has 0 amide bonds. The van der Waals surface area contributed by atoms with Crippen molar-refractivity contribution >= 4 is 11.9 Å². The summed E-state index contributed by atoms with van der Waals surface area (Å²) in [6, 6.07) is 0. The van der Waals surface area contributed by atoms with E-state index >= 15 is 0 Å². The molecule has 2 rings (SSSR count). The zero-order chi connectivity index (χ0) is 21.7. The third kappa shape index (κ3) is 16.6. The summed E-state index contributed by atoms with van der Waals surface area (Å²) >= 11 is 0. The second-order valence-corrected chi connectivity index (χ2v) is 5.40. The van der Waals surface area contributed by atoms with Crippen LogP contribution in [-0.4, -0.2) is 48.6 Å². The van der Waals surface area contributed by atoms with Gasteiger partial charge in [-0.2, -0.15) is 0 Å². The number of likely N-dealkylation sites (tertiary alicyclic amines) is 1. The van der Waals surface area contributed by atoms with E-state index < -0.39 is 0 Å². The number of anilines is 1. The molecule has 0 aliphatic carbocycles. The van der Waals surface area contributed by atoms with Gasteiger partial charge in [-0.15, -0.1) is 6.20 Å². The Morgan fingerprint density at radius 3 is 1.82 bits per heavy atom. The molecule has 0 bridgehead atoms. The molecule has 1 fully saturated rings. The predicted octanol–water partition coefficient (Wildman–Crippen LogP) is 5.92. The molecule has 0 N–H and O–H groups in total. The number of rotatable bonds is 4. The summed E-state index contributed by atoms with van der Waals surface area (Å²) in [7, 11) is 3.84. The van der Waals surface area contributed by atoms with Crippen LogP contribution in [0.5, 0.6) is 0 Å². The number of hydrogen-bond acceptors (Lipinski definition) is 4. The van der Waals surface area contributed by atoms with Gasteiger partial charge in [0.15, 0.2) is 0 Å². The molecule has 28 heavy (non-hydrogen) atoms. The Hall–Kier alpha value is -0.316. The number of nitrogens with zero attached hydrogens (tertiary/aromatic N) is 4. The maximum Gasteiger partial charge on any atom is 0.0416 e. The summed E-state index contributed by atoms with van der Waals surface area (Å²) in [6.45, 7) is 25.6. The fraction of sp³-hybridized carbons (Fsp3) is 0.739. The van der Waals surface area contributed by atoms with E-state index in [0.717, 1.165) is 23.6 Å². The Balaban J connectivity index is -0.000000166. The first kappa shape index (κ1) is 35.1. The standard InChI is InChI=1S/C10H13N3.C7H15N.3C2H6.Y/c1-5-8-7-11-9(6-2)12-10(8)13(3)4;1-2-8-6-4-3-5-7-8;3*1-2;/h1,5H,6H2,2-4H3;2-7H2,1H3;3*1-2H3;/q-2;;;;;. The molecule has 0 aromatic carbocycles. The number of piperidine rings is 1. The zero-order valence-corrected chi connectivity index (χ0v) is 23.3. The summed E-state index contributed by atoms with van der Waals surface area (Å²) in [5.74, 6) is 1.60. The quantitative estimate of drug-likeness (QED) is 0.515. The molecule has 163 valence electrons. The van der Waals surface area contributed by atoms with Crippen LogP contribution in [0.4, 0.5) is 5.82 Å². The molecule has 0 saturated carbocycles. The summed E-state index contributed by atoms with van der Waals surface area (Å²) in [5.41, 5.74) is 0.738. The third-order valence-electron chi connectivity index (χ3n) is 3.58. The Kier molecular flexibility index (Phi) is 33.5. The van der Waals surface area contributed by atoms with Gasteiger partial charge in [-0.1, -0.05) is 61.8 Å². The zero-order valence-electron chi connectivity index (χ0n) is 20.5. The number of aryl methyl sites for hydroxylation is 1. The van der Waals surface area contributed by atoms with Gasteiger partial charge in [-0.3, -0.25) is 0 Å². The van der Waals surface area contributed by atoms with E-state index in [0.29, 0.717) is 0 Å². The van der Waals surface area contributed by atoms with Crippen LogP contribution in [0.1, 0.15) is 86.0 Å². The van der Waals surface area contributed by atoms with Crippen molar-refractivity contribution in [3.63, 3.8) is 0 Å². The first-order valence-electron chi connectivity index (χ1n) is 10.9. The average molecular weight is 468 g/mol. The van der Waals surface area contributed by atoms with Crippen LogP contribution in [0.25, 0.3) is 6.08 Å². The smallest absolute Gasteiger partial charge is 0.0416 e. The van der Waals surface area contributed by atoms with Gasteiger partial charge in [0.05, 0.1) is 0 Å². The molecule has 0 spiro atoms. The normalized spacial score (nSPS) is 11.9. The van der Waals surface area contributed by atoms with E-state index in [1.807, 2.05) is 67.5 Å². The Bertz CT molecular complexity index is 431. The Morgan fingerprint density at radius 2 is 1.50 bits per heavy atom. The minimum Gasteiger partial charge on any atom is -0.416 e. The molecule has 5 heteroatoms. The predicted molar refractivity (Wildman–Crippen MR) is 123 cm³/mol. The van der Waals surface area contributed by atoms with Gasteiger partial charge in [0.25, 0.3) is 0 Å². The van der Waals surface area contributed by atoms with Crippen LogP contribution in [0.15, 0.2) is 0 Å². The van der Waals surface area contributed by atoms with Gasteiger partial charge in [-0.05, 0) is 58.8 Å². The first-order chi connectivity index (χ1) is 13.1. The van der Waals surface area contributed by atoms with E-state index in [1.165, 1.54) is 45.0 Å². The van der Waals surface area contributed by atoms with E-state index in [9.17, 15) is 0 Å². The Labute approximate surface area is 202 Å². The molecule has 0 atom stereocenters. The van der Waals surface area contributed by atoms with Crippen LogP contribution in [0, 0.1) is 12.8 Å². The van der Waals surface area contributed by atoms with Gasteiger partial charge in [0.2, 0.25) is 0 Å².